The van der Waals surface area contributed by atoms with Crippen LogP contribution in [0.15, 0.2) is 71.5 Å². The van der Waals surface area contributed by atoms with Crippen LogP contribution in [0.5, 0.6) is 11.5 Å². The van der Waals surface area contributed by atoms with Crippen molar-refractivity contribution in [3.63, 3.8) is 0 Å². The zero-order valence-corrected chi connectivity index (χ0v) is 32.8. The van der Waals surface area contributed by atoms with Gasteiger partial charge in [0.1, 0.15) is 53.1 Å². The molecular formula is C42H44N4O5S2. The fourth-order valence-electron chi connectivity index (χ4n) is 6.67. The van der Waals surface area contributed by atoms with E-state index in [9.17, 15) is 20.6 Å². The number of carbonyl (C=O) groups excluding carboxylic acids is 1. The highest BCUT2D eigenvalue weighted by Gasteiger charge is 2.43. The molecule has 0 bridgehead atoms. The second kappa shape index (κ2) is 16.6. The largest absolute Gasteiger partial charge is 0.496 e. The van der Waals surface area contributed by atoms with Crippen molar-refractivity contribution >= 4 is 40.4 Å². The number of anilines is 1. The Morgan fingerprint density at radius 1 is 1.00 bits per heavy atom. The maximum absolute atomic E-state index is 11.5. The zero-order chi connectivity index (χ0) is 38.3. The number of allylic oxidation sites excluding steroid dienone is 2. The number of fused-ring (bicyclic) bond motifs is 3. The van der Waals surface area contributed by atoms with E-state index in [0.29, 0.717) is 12.1 Å². The molecule has 0 saturated carbocycles. The van der Waals surface area contributed by atoms with Crippen molar-refractivity contribution in [3.05, 3.63) is 82.0 Å². The van der Waals surface area contributed by atoms with Crippen LogP contribution >= 0.6 is 22.7 Å². The van der Waals surface area contributed by atoms with Gasteiger partial charge in [-0.25, -0.2) is 4.79 Å². The number of likely N-dealkylation sites (N-methyl/N-ethyl adjacent to an activating group) is 1. The quantitative estimate of drug-likeness (QED) is 0.0847. The van der Waals surface area contributed by atoms with Crippen molar-refractivity contribution in [1.29, 1.82) is 15.8 Å². The molecular weight excluding hydrogens is 705 g/mol. The van der Waals surface area contributed by atoms with Crippen LogP contribution in [-0.2, 0) is 19.9 Å². The minimum Gasteiger partial charge on any atom is -0.496 e. The smallest absolute Gasteiger partial charge is 0.330 e. The molecule has 0 unspecified atom stereocenters. The maximum atomic E-state index is 11.5. The van der Waals surface area contributed by atoms with Gasteiger partial charge in [-0.1, -0.05) is 39.3 Å². The number of nitrogens with zero attached hydrogens (tertiary/aromatic N) is 4. The standard InChI is InChI=1S/C42H44N4O5S2/c1-8-11-17-42(18-12-9-2)33-23-36(30-15-13-28(21-34(30)48-7)46(6)19-20-49-37(47)10-3)53-39(33)40-35(50-42)22-29(52-40)14-16-32-31(26-45)38(27(24-43)25-44)51-41(32,4)5/h10,13-16,21-23H,3,8-9,11-12,17-20H2,1-2,4-7H3/b16-14+. The lowest BCUT2D eigenvalue weighted by molar-refractivity contribution is -0.137. The summed E-state index contributed by atoms with van der Waals surface area (Å²) in [5, 5.41) is 29.0. The Hall–Kier alpha value is -5.28. The fourth-order valence-corrected chi connectivity index (χ4v) is 9.08. The normalized spacial score (nSPS) is 15.0. The monoisotopic (exact) mass is 748 g/mol. The van der Waals surface area contributed by atoms with Gasteiger partial charge in [0.15, 0.2) is 11.3 Å². The number of benzene rings is 1. The van der Waals surface area contributed by atoms with Crippen molar-refractivity contribution in [2.24, 2.45) is 0 Å². The minimum absolute atomic E-state index is 0.0208. The van der Waals surface area contributed by atoms with Gasteiger partial charge in [-0.15, -0.1) is 22.7 Å². The third-order valence-corrected chi connectivity index (χ3v) is 11.9. The number of esters is 1. The molecule has 2 aliphatic heterocycles. The molecule has 4 heterocycles. The number of hydrogen-bond donors (Lipinski definition) is 0. The lowest BCUT2D eigenvalue weighted by Crippen LogP contribution is -2.35. The Balaban J connectivity index is 1.58. The highest BCUT2D eigenvalue weighted by atomic mass is 32.1. The summed E-state index contributed by atoms with van der Waals surface area (Å²) in [5.74, 6) is 1.16. The molecule has 3 aromatic rings. The molecule has 9 nitrogen and oxygen atoms in total. The first-order valence-electron chi connectivity index (χ1n) is 17.7. The van der Waals surface area contributed by atoms with E-state index in [1.165, 1.54) is 10.4 Å². The first-order chi connectivity index (χ1) is 25.5. The molecule has 2 aromatic heterocycles. The van der Waals surface area contributed by atoms with Crippen LogP contribution in [0.25, 0.3) is 26.3 Å². The second-order valence-corrected chi connectivity index (χ2v) is 15.6. The van der Waals surface area contributed by atoms with Gasteiger partial charge in [0, 0.05) is 51.3 Å². The van der Waals surface area contributed by atoms with Crippen LogP contribution < -0.4 is 14.4 Å². The maximum Gasteiger partial charge on any atom is 0.330 e. The number of rotatable bonds is 15. The van der Waals surface area contributed by atoms with Crippen molar-refractivity contribution in [2.45, 2.75) is 77.4 Å². The van der Waals surface area contributed by atoms with Crippen LogP contribution in [0.4, 0.5) is 5.69 Å². The van der Waals surface area contributed by atoms with Gasteiger partial charge in [0.2, 0.25) is 0 Å². The molecule has 53 heavy (non-hydrogen) atoms. The zero-order valence-electron chi connectivity index (χ0n) is 31.1. The molecule has 0 radical (unpaired) electrons. The van der Waals surface area contributed by atoms with Gasteiger partial charge in [0.05, 0.1) is 23.4 Å². The summed E-state index contributed by atoms with van der Waals surface area (Å²) in [4.78, 5) is 17.8. The summed E-state index contributed by atoms with van der Waals surface area (Å²) in [5.41, 5.74) is 2.30. The summed E-state index contributed by atoms with van der Waals surface area (Å²) in [6, 6.07) is 16.4. The Morgan fingerprint density at radius 2 is 1.72 bits per heavy atom. The molecule has 0 amide bonds. The Kier molecular flexibility index (Phi) is 12.2. The number of thiophene rings is 2. The minimum atomic E-state index is -0.907. The van der Waals surface area contributed by atoms with Gasteiger partial charge in [-0.2, -0.15) is 15.8 Å². The highest BCUT2D eigenvalue weighted by molar-refractivity contribution is 7.24. The van der Waals surface area contributed by atoms with Crippen LogP contribution in [0, 0.1) is 34.0 Å². The summed E-state index contributed by atoms with van der Waals surface area (Å²) in [6.45, 7) is 12.3. The third-order valence-electron chi connectivity index (χ3n) is 9.53. The number of nitriles is 3. The number of ether oxygens (including phenoxy) is 4. The average molecular weight is 749 g/mol. The van der Waals surface area contributed by atoms with Crippen molar-refractivity contribution in [3.8, 4) is 49.9 Å². The van der Waals surface area contributed by atoms with Gasteiger partial charge in [0.25, 0.3) is 0 Å². The average Bonchev–Trinajstić information content (AvgIpc) is 3.85. The van der Waals surface area contributed by atoms with Gasteiger partial charge >= 0.3 is 5.97 Å². The summed E-state index contributed by atoms with van der Waals surface area (Å²) >= 11 is 3.37. The molecule has 0 atom stereocenters. The summed E-state index contributed by atoms with van der Waals surface area (Å²) < 4.78 is 24.2. The van der Waals surface area contributed by atoms with Crippen molar-refractivity contribution in [2.75, 3.05) is 32.2 Å². The Bertz CT molecular complexity index is 2090. The molecule has 5 rings (SSSR count). The molecule has 0 saturated heterocycles. The number of unbranched alkanes of at least 4 members (excludes halogenated alkanes) is 2. The van der Waals surface area contributed by atoms with Crippen LogP contribution in [0.3, 0.4) is 0 Å². The molecule has 274 valence electrons. The third kappa shape index (κ3) is 7.90. The molecule has 0 aliphatic carbocycles. The van der Waals surface area contributed by atoms with E-state index in [0.717, 1.165) is 82.0 Å². The highest BCUT2D eigenvalue weighted by Crippen LogP contribution is 2.57. The molecule has 0 N–H and O–H groups in total. The predicted molar refractivity (Wildman–Crippen MR) is 210 cm³/mol. The molecule has 0 spiro atoms. The van der Waals surface area contributed by atoms with Crippen molar-refractivity contribution in [1.82, 2.24) is 0 Å². The van der Waals surface area contributed by atoms with Crippen LogP contribution in [-0.4, -0.2) is 38.9 Å². The van der Waals surface area contributed by atoms with E-state index in [1.54, 1.807) is 29.8 Å². The fraction of sp³-hybridized carbons (Fsp3) is 0.381. The first kappa shape index (κ1) is 38.9. The Labute approximate surface area is 320 Å². The predicted octanol–water partition coefficient (Wildman–Crippen LogP) is 10.2. The van der Waals surface area contributed by atoms with E-state index >= 15 is 0 Å². The molecule has 11 heteroatoms. The topological polar surface area (TPSA) is 129 Å². The van der Waals surface area contributed by atoms with E-state index in [4.69, 9.17) is 18.9 Å². The molecule has 1 aromatic carbocycles. The first-order valence-corrected chi connectivity index (χ1v) is 19.4. The number of methoxy groups -OCH3 is 1. The second-order valence-electron chi connectivity index (χ2n) is 13.5. The SMILES string of the molecule is C=CC(=O)OCCN(C)c1ccc(-c2cc3c(s2)-c2sc(/C=C/C4=C(C#N)C(=C(C#N)C#N)OC4(C)C)cc2OC3(CCCC)CCCC)c(OC)c1. The van der Waals surface area contributed by atoms with Gasteiger partial charge in [-0.3, -0.25) is 0 Å². The Morgan fingerprint density at radius 3 is 2.34 bits per heavy atom. The van der Waals surface area contributed by atoms with Crippen LogP contribution in [0.1, 0.15) is 76.7 Å². The molecule has 0 fully saturated rings. The van der Waals surface area contributed by atoms with Gasteiger partial charge in [-0.05, 0) is 69.9 Å². The van der Waals surface area contributed by atoms with Crippen molar-refractivity contribution < 1.29 is 23.7 Å². The van der Waals surface area contributed by atoms with Crippen LogP contribution in [0.2, 0.25) is 0 Å². The van der Waals surface area contributed by atoms with Gasteiger partial charge < -0.3 is 23.8 Å². The number of hydrogen-bond acceptors (Lipinski definition) is 11. The molecule has 2 aliphatic rings. The summed E-state index contributed by atoms with van der Waals surface area (Å²) in [6.07, 6.45) is 10.9. The van der Waals surface area contributed by atoms with E-state index in [2.05, 4.69) is 50.8 Å². The lowest BCUT2D eigenvalue weighted by Gasteiger charge is -2.38. The van der Waals surface area contributed by atoms with E-state index < -0.39 is 17.2 Å². The lowest BCUT2D eigenvalue weighted by atomic mass is 9.82. The van der Waals surface area contributed by atoms with E-state index in [-0.39, 0.29) is 23.5 Å². The number of carbonyl (C=O) groups is 1. The summed E-state index contributed by atoms with van der Waals surface area (Å²) in [7, 11) is 3.62. The van der Waals surface area contributed by atoms with E-state index in [1.807, 2.05) is 56.2 Å².